The van der Waals surface area contributed by atoms with E-state index in [9.17, 15) is 0 Å². The molecule has 0 aliphatic rings. The number of nitrogens with one attached hydrogen (secondary N) is 1. The van der Waals surface area contributed by atoms with Crippen molar-refractivity contribution in [2.75, 3.05) is 13.6 Å². The minimum atomic E-state index is 0.564. The van der Waals surface area contributed by atoms with Gasteiger partial charge in [0.05, 0.1) is 16.4 Å². The first-order chi connectivity index (χ1) is 6.56. The third-order valence-electron chi connectivity index (χ3n) is 2.33. The van der Waals surface area contributed by atoms with Crippen molar-refractivity contribution in [3.8, 4) is 0 Å². The minimum Gasteiger partial charge on any atom is -0.319 e. The van der Waals surface area contributed by atoms with Crippen molar-refractivity contribution in [2.45, 2.75) is 27.3 Å². The van der Waals surface area contributed by atoms with E-state index in [4.69, 9.17) is 11.6 Å². The lowest BCUT2D eigenvalue weighted by Crippen LogP contribution is -2.21. The molecule has 1 rings (SSSR count). The Morgan fingerprint density at radius 2 is 2.14 bits per heavy atom. The highest BCUT2D eigenvalue weighted by atomic mass is 35.5. The monoisotopic (exact) mass is 215 g/mol. The summed E-state index contributed by atoms with van der Waals surface area (Å²) in [6.45, 7) is 8.06. The Morgan fingerprint density at radius 3 is 2.57 bits per heavy atom. The van der Waals surface area contributed by atoms with Gasteiger partial charge in [-0.15, -0.1) is 0 Å². The number of nitrogens with zero attached hydrogens (tertiary/aromatic N) is 2. The van der Waals surface area contributed by atoms with Crippen molar-refractivity contribution in [3.63, 3.8) is 0 Å². The second-order valence-corrected chi connectivity index (χ2v) is 4.21. The van der Waals surface area contributed by atoms with Gasteiger partial charge in [0, 0.05) is 6.54 Å². The minimum absolute atomic E-state index is 0.564. The molecule has 0 saturated carbocycles. The third kappa shape index (κ3) is 2.49. The molecule has 1 heterocycles. The standard InChI is InChI=1S/C10H18ClN3/c1-7(5-12-4)6-14-9(3)10(11)8(2)13-14/h7,12H,5-6H2,1-4H3. The summed E-state index contributed by atoms with van der Waals surface area (Å²) in [7, 11) is 1.96. The summed E-state index contributed by atoms with van der Waals surface area (Å²) in [5.74, 6) is 0.564. The average Bonchev–Trinajstić information content (AvgIpc) is 2.34. The van der Waals surface area contributed by atoms with Gasteiger partial charge in [0.25, 0.3) is 0 Å². The van der Waals surface area contributed by atoms with Gasteiger partial charge in [-0.1, -0.05) is 18.5 Å². The lowest BCUT2D eigenvalue weighted by Gasteiger charge is -2.11. The van der Waals surface area contributed by atoms with Gasteiger partial charge in [-0.3, -0.25) is 4.68 Å². The van der Waals surface area contributed by atoms with E-state index < -0.39 is 0 Å². The number of rotatable bonds is 4. The molecule has 0 amide bonds. The molecule has 4 heteroatoms. The number of hydrogen-bond acceptors (Lipinski definition) is 2. The molecule has 1 N–H and O–H groups in total. The zero-order chi connectivity index (χ0) is 10.7. The zero-order valence-corrected chi connectivity index (χ0v) is 10.0. The van der Waals surface area contributed by atoms with Gasteiger partial charge >= 0.3 is 0 Å². The van der Waals surface area contributed by atoms with E-state index in [0.29, 0.717) is 5.92 Å². The number of aryl methyl sites for hydroxylation is 1. The Balaban J connectivity index is 2.72. The summed E-state index contributed by atoms with van der Waals surface area (Å²) in [6.07, 6.45) is 0. The highest BCUT2D eigenvalue weighted by Gasteiger charge is 2.10. The summed E-state index contributed by atoms with van der Waals surface area (Å²) in [5, 5.41) is 8.34. The molecule has 14 heavy (non-hydrogen) atoms. The first-order valence-corrected chi connectivity index (χ1v) is 5.28. The SMILES string of the molecule is CNCC(C)Cn1nc(C)c(Cl)c1C. The summed E-state index contributed by atoms with van der Waals surface area (Å²) in [4.78, 5) is 0. The third-order valence-corrected chi connectivity index (χ3v) is 2.88. The summed E-state index contributed by atoms with van der Waals surface area (Å²) in [5.41, 5.74) is 1.98. The molecular weight excluding hydrogens is 198 g/mol. The number of hydrogen-bond donors (Lipinski definition) is 1. The molecule has 1 aromatic rings. The number of aromatic nitrogens is 2. The molecule has 1 unspecified atom stereocenters. The second-order valence-electron chi connectivity index (χ2n) is 3.83. The molecule has 0 aliphatic heterocycles. The fourth-order valence-electron chi connectivity index (χ4n) is 1.56. The van der Waals surface area contributed by atoms with Crippen LogP contribution >= 0.6 is 11.6 Å². The smallest absolute Gasteiger partial charge is 0.0844 e. The maximum atomic E-state index is 6.06. The molecule has 0 aliphatic carbocycles. The van der Waals surface area contributed by atoms with Gasteiger partial charge in [-0.25, -0.2) is 0 Å². The molecule has 0 aromatic carbocycles. The molecule has 3 nitrogen and oxygen atoms in total. The van der Waals surface area contributed by atoms with E-state index in [0.717, 1.165) is 29.5 Å². The van der Waals surface area contributed by atoms with Crippen molar-refractivity contribution >= 4 is 11.6 Å². The van der Waals surface area contributed by atoms with Crippen LogP contribution in [0, 0.1) is 19.8 Å². The highest BCUT2D eigenvalue weighted by Crippen LogP contribution is 2.19. The first kappa shape index (κ1) is 11.5. The fourth-order valence-corrected chi connectivity index (χ4v) is 1.70. The van der Waals surface area contributed by atoms with E-state index >= 15 is 0 Å². The molecule has 0 spiro atoms. The maximum absolute atomic E-state index is 6.06. The van der Waals surface area contributed by atoms with E-state index in [1.54, 1.807) is 0 Å². The van der Waals surface area contributed by atoms with E-state index in [-0.39, 0.29) is 0 Å². The normalized spacial score (nSPS) is 13.2. The van der Waals surface area contributed by atoms with Gasteiger partial charge in [0.1, 0.15) is 0 Å². The second kappa shape index (κ2) is 4.80. The Labute approximate surface area is 90.4 Å². The molecule has 0 bridgehead atoms. The Morgan fingerprint density at radius 1 is 1.50 bits per heavy atom. The van der Waals surface area contributed by atoms with Gasteiger partial charge in [0.2, 0.25) is 0 Å². The van der Waals surface area contributed by atoms with Crippen LogP contribution in [0.15, 0.2) is 0 Å². The molecule has 80 valence electrons. The molecule has 0 radical (unpaired) electrons. The van der Waals surface area contributed by atoms with Gasteiger partial charge in [-0.05, 0) is 33.4 Å². The first-order valence-electron chi connectivity index (χ1n) is 4.90. The van der Waals surface area contributed by atoms with Crippen molar-refractivity contribution in [2.24, 2.45) is 5.92 Å². The Bertz CT molecular complexity index is 307. The highest BCUT2D eigenvalue weighted by molar-refractivity contribution is 6.31. The predicted molar refractivity (Wildman–Crippen MR) is 59.8 cm³/mol. The van der Waals surface area contributed by atoms with Crippen LogP contribution < -0.4 is 5.32 Å². The van der Waals surface area contributed by atoms with Crippen LogP contribution in [0.1, 0.15) is 18.3 Å². The van der Waals surface area contributed by atoms with Crippen LogP contribution in [-0.2, 0) is 6.54 Å². The van der Waals surface area contributed by atoms with E-state index in [1.807, 2.05) is 25.6 Å². The Kier molecular flexibility index (Phi) is 3.96. The van der Waals surface area contributed by atoms with Gasteiger partial charge < -0.3 is 5.32 Å². The average molecular weight is 216 g/mol. The quantitative estimate of drug-likeness (QED) is 0.833. The molecular formula is C10H18ClN3. The lowest BCUT2D eigenvalue weighted by molar-refractivity contribution is 0.428. The van der Waals surface area contributed by atoms with Crippen molar-refractivity contribution < 1.29 is 0 Å². The van der Waals surface area contributed by atoms with E-state index in [1.165, 1.54) is 0 Å². The molecule has 0 fully saturated rings. The van der Waals surface area contributed by atoms with Crippen molar-refractivity contribution in [1.82, 2.24) is 15.1 Å². The van der Waals surface area contributed by atoms with Gasteiger partial charge in [-0.2, -0.15) is 5.10 Å². The van der Waals surface area contributed by atoms with Crippen LogP contribution in [0.5, 0.6) is 0 Å². The van der Waals surface area contributed by atoms with Crippen LogP contribution in [-0.4, -0.2) is 23.4 Å². The molecule has 0 saturated heterocycles. The van der Waals surface area contributed by atoms with E-state index in [2.05, 4.69) is 17.3 Å². The van der Waals surface area contributed by atoms with Crippen molar-refractivity contribution in [3.05, 3.63) is 16.4 Å². The lowest BCUT2D eigenvalue weighted by atomic mass is 10.2. The summed E-state index contributed by atoms with van der Waals surface area (Å²) >= 11 is 6.06. The summed E-state index contributed by atoms with van der Waals surface area (Å²) in [6, 6.07) is 0. The maximum Gasteiger partial charge on any atom is 0.0844 e. The van der Waals surface area contributed by atoms with Crippen LogP contribution in [0.4, 0.5) is 0 Å². The molecule has 1 aromatic heterocycles. The predicted octanol–water partition coefficient (Wildman–Crippen LogP) is 2.01. The summed E-state index contributed by atoms with van der Waals surface area (Å²) < 4.78 is 1.99. The number of halogens is 1. The zero-order valence-electron chi connectivity index (χ0n) is 9.26. The van der Waals surface area contributed by atoms with Crippen LogP contribution in [0.25, 0.3) is 0 Å². The fraction of sp³-hybridized carbons (Fsp3) is 0.700. The van der Waals surface area contributed by atoms with Crippen molar-refractivity contribution in [1.29, 1.82) is 0 Å². The Hall–Kier alpha value is -0.540. The van der Waals surface area contributed by atoms with Gasteiger partial charge in [0.15, 0.2) is 0 Å². The van der Waals surface area contributed by atoms with Crippen LogP contribution in [0.3, 0.4) is 0 Å². The largest absolute Gasteiger partial charge is 0.319 e. The topological polar surface area (TPSA) is 29.9 Å². The van der Waals surface area contributed by atoms with Crippen LogP contribution in [0.2, 0.25) is 5.02 Å². The molecule has 1 atom stereocenters.